The van der Waals surface area contributed by atoms with Gasteiger partial charge < -0.3 is 9.15 Å². The Hall–Kier alpha value is -3.75. The molecule has 7 nitrogen and oxygen atoms in total. The van der Waals surface area contributed by atoms with E-state index in [0.717, 1.165) is 11.1 Å². The summed E-state index contributed by atoms with van der Waals surface area (Å²) in [6, 6.07) is 19.5. The van der Waals surface area contributed by atoms with Crippen LogP contribution in [0.4, 0.5) is 0 Å². The van der Waals surface area contributed by atoms with E-state index >= 15 is 0 Å². The fraction of sp³-hybridized carbons (Fsp3) is 0.214. The summed E-state index contributed by atoms with van der Waals surface area (Å²) in [7, 11) is -3.93. The highest BCUT2D eigenvalue weighted by Gasteiger charge is 2.27. The van der Waals surface area contributed by atoms with Gasteiger partial charge in [0.15, 0.2) is 0 Å². The van der Waals surface area contributed by atoms with Crippen LogP contribution in [0.25, 0.3) is 22.1 Å². The van der Waals surface area contributed by atoms with Crippen LogP contribution in [0.15, 0.2) is 86.9 Å². The lowest BCUT2D eigenvalue weighted by atomic mass is 10.00. The minimum absolute atomic E-state index is 0.0686. The Morgan fingerprint density at radius 2 is 1.69 bits per heavy atom. The lowest BCUT2D eigenvalue weighted by molar-refractivity contribution is -0.136. The van der Waals surface area contributed by atoms with Crippen LogP contribution in [0.3, 0.4) is 0 Å². The van der Waals surface area contributed by atoms with E-state index in [1.807, 2.05) is 44.2 Å². The molecule has 0 spiro atoms. The summed E-state index contributed by atoms with van der Waals surface area (Å²) >= 11 is 0. The molecule has 4 rings (SSSR count). The Labute approximate surface area is 209 Å². The molecular weight excluding hydrogens is 478 g/mol. The first kappa shape index (κ1) is 25.3. The molecule has 0 bridgehead atoms. The first-order chi connectivity index (χ1) is 17.2. The molecule has 0 unspecified atom stereocenters. The predicted molar refractivity (Wildman–Crippen MR) is 138 cm³/mol. The second-order valence-corrected chi connectivity index (χ2v) is 10.3. The normalized spacial score (nSPS) is 12.4. The predicted octanol–water partition coefficient (Wildman–Crippen LogP) is 5.13. The Morgan fingerprint density at radius 3 is 2.36 bits per heavy atom. The van der Waals surface area contributed by atoms with E-state index in [0.29, 0.717) is 28.5 Å². The zero-order valence-corrected chi connectivity index (χ0v) is 21.1. The zero-order valence-electron chi connectivity index (χ0n) is 20.3. The summed E-state index contributed by atoms with van der Waals surface area (Å²) in [6.45, 7) is 5.40. The van der Waals surface area contributed by atoms with Crippen molar-refractivity contribution in [2.75, 3.05) is 0 Å². The molecule has 0 aliphatic heterocycles. The van der Waals surface area contributed by atoms with Crippen molar-refractivity contribution in [3.63, 3.8) is 0 Å². The number of hydrogen-bond donors (Lipinski definition) is 1. The van der Waals surface area contributed by atoms with Gasteiger partial charge in [-0.2, -0.15) is 4.72 Å². The van der Waals surface area contributed by atoms with Crippen molar-refractivity contribution in [1.82, 2.24) is 4.72 Å². The Balaban J connectivity index is 1.64. The highest BCUT2D eigenvalue weighted by atomic mass is 32.2. The molecule has 0 fully saturated rings. The van der Waals surface area contributed by atoms with Crippen LogP contribution in [0.5, 0.6) is 5.75 Å². The number of fused-ring (bicyclic) bond motifs is 1. The summed E-state index contributed by atoms with van der Waals surface area (Å²) in [5.74, 6) is -0.548. The topological polar surface area (TPSA) is 103 Å². The maximum absolute atomic E-state index is 13.1. The number of sulfonamides is 1. The Kier molecular flexibility index (Phi) is 7.37. The van der Waals surface area contributed by atoms with Gasteiger partial charge in [-0.15, -0.1) is 0 Å². The van der Waals surface area contributed by atoms with E-state index in [1.165, 1.54) is 18.2 Å². The SMILES string of the molecule is CCC[C@H](NS(=O)(=O)c1ccc(C)cc1)C(=O)Oc1ccc2c(-c3ccccc3)cc(=O)oc2c1C. The molecule has 0 radical (unpaired) electrons. The van der Waals surface area contributed by atoms with E-state index in [-0.39, 0.29) is 17.1 Å². The molecule has 0 saturated carbocycles. The van der Waals surface area contributed by atoms with Crippen LogP contribution in [0, 0.1) is 13.8 Å². The summed E-state index contributed by atoms with van der Waals surface area (Å²) in [6.07, 6.45) is 0.811. The summed E-state index contributed by atoms with van der Waals surface area (Å²) in [5.41, 5.74) is 2.73. The third-order valence-electron chi connectivity index (χ3n) is 5.90. The number of nitrogens with one attached hydrogen (secondary N) is 1. The van der Waals surface area contributed by atoms with Crippen molar-refractivity contribution < 1.29 is 22.4 Å². The molecular formula is C28H27NO6S. The van der Waals surface area contributed by atoms with Gasteiger partial charge in [0.05, 0.1) is 4.90 Å². The smallest absolute Gasteiger partial charge is 0.336 e. The number of aryl methyl sites for hydroxylation is 2. The van der Waals surface area contributed by atoms with Crippen LogP contribution in [0.1, 0.15) is 30.9 Å². The third kappa shape index (κ3) is 5.40. The lowest BCUT2D eigenvalue weighted by Gasteiger charge is -2.18. The van der Waals surface area contributed by atoms with Crippen molar-refractivity contribution in [3.8, 4) is 16.9 Å². The van der Waals surface area contributed by atoms with Crippen molar-refractivity contribution in [2.24, 2.45) is 0 Å². The van der Waals surface area contributed by atoms with Crippen LogP contribution in [0.2, 0.25) is 0 Å². The van der Waals surface area contributed by atoms with Crippen LogP contribution < -0.4 is 15.1 Å². The molecule has 1 heterocycles. The Bertz CT molecular complexity index is 1560. The van der Waals surface area contributed by atoms with E-state index in [9.17, 15) is 18.0 Å². The van der Waals surface area contributed by atoms with Gasteiger partial charge >= 0.3 is 11.6 Å². The lowest BCUT2D eigenvalue weighted by Crippen LogP contribution is -2.42. The van der Waals surface area contributed by atoms with Gasteiger partial charge in [-0.05, 0) is 55.7 Å². The molecule has 3 aromatic carbocycles. The van der Waals surface area contributed by atoms with E-state index in [2.05, 4.69) is 4.72 Å². The highest BCUT2D eigenvalue weighted by Crippen LogP contribution is 2.33. The minimum atomic E-state index is -3.93. The maximum atomic E-state index is 13.1. The number of esters is 1. The van der Waals surface area contributed by atoms with Crippen LogP contribution in [-0.4, -0.2) is 20.4 Å². The molecule has 0 aliphatic rings. The number of rotatable bonds is 8. The number of ether oxygens (including phenoxy) is 1. The van der Waals surface area contributed by atoms with Crippen molar-refractivity contribution in [3.05, 3.63) is 94.3 Å². The number of carbonyl (C=O) groups excluding carboxylic acids is 1. The molecule has 0 amide bonds. The summed E-state index contributed by atoms with van der Waals surface area (Å²) in [4.78, 5) is 25.5. The molecule has 36 heavy (non-hydrogen) atoms. The van der Waals surface area contributed by atoms with E-state index in [1.54, 1.807) is 31.2 Å². The summed E-state index contributed by atoms with van der Waals surface area (Å²) in [5, 5.41) is 0.697. The maximum Gasteiger partial charge on any atom is 0.336 e. The van der Waals surface area contributed by atoms with Gasteiger partial charge in [0.25, 0.3) is 0 Å². The molecule has 4 aromatic rings. The fourth-order valence-corrected chi connectivity index (χ4v) is 5.19. The monoisotopic (exact) mass is 505 g/mol. The number of benzene rings is 3. The number of carbonyl (C=O) groups is 1. The van der Waals surface area contributed by atoms with Gasteiger partial charge in [-0.3, -0.25) is 0 Å². The van der Waals surface area contributed by atoms with Crippen molar-refractivity contribution in [2.45, 2.75) is 44.6 Å². The Morgan fingerprint density at radius 1 is 1.00 bits per heavy atom. The average molecular weight is 506 g/mol. The molecule has 1 N–H and O–H groups in total. The molecule has 8 heteroatoms. The van der Waals surface area contributed by atoms with Gasteiger partial charge in [0.2, 0.25) is 10.0 Å². The molecule has 1 aromatic heterocycles. The standard InChI is InChI=1S/C28H27NO6S/c1-4-8-24(29-36(32,33)21-13-11-18(2)12-14-21)28(31)34-25-16-15-22-23(20-9-6-5-7-10-20)17-26(30)35-27(22)19(25)3/h5-7,9-17,24,29H,4,8H2,1-3H3/t24-/m0/s1. The molecule has 0 aliphatic carbocycles. The third-order valence-corrected chi connectivity index (χ3v) is 7.38. The first-order valence-electron chi connectivity index (χ1n) is 11.6. The molecule has 1 atom stereocenters. The van der Waals surface area contributed by atoms with Gasteiger partial charge in [0.1, 0.15) is 17.4 Å². The van der Waals surface area contributed by atoms with Crippen molar-refractivity contribution in [1.29, 1.82) is 0 Å². The van der Waals surface area contributed by atoms with Gasteiger partial charge in [-0.25, -0.2) is 18.0 Å². The average Bonchev–Trinajstić information content (AvgIpc) is 2.86. The largest absolute Gasteiger partial charge is 0.425 e. The van der Waals surface area contributed by atoms with E-state index in [4.69, 9.17) is 9.15 Å². The highest BCUT2D eigenvalue weighted by molar-refractivity contribution is 7.89. The van der Waals surface area contributed by atoms with Crippen LogP contribution >= 0.6 is 0 Å². The van der Waals surface area contributed by atoms with E-state index < -0.39 is 27.7 Å². The quantitative estimate of drug-likeness (QED) is 0.202. The van der Waals surface area contributed by atoms with Gasteiger partial charge in [-0.1, -0.05) is 61.4 Å². The van der Waals surface area contributed by atoms with Crippen LogP contribution in [-0.2, 0) is 14.8 Å². The molecule has 186 valence electrons. The molecule has 0 saturated heterocycles. The van der Waals surface area contributed by atoms with Crippen molar-refractivity contribution >= 4 is 27.0 Å². The fourth-order valence-electron chi connectivity index (χ4n) is 3.98. The first-order valence-corrected chi connectivity index (χ1v) is 13.1. The second kappa shape index (κ2) is 10.5. The zero-order chi connectivity index (χ0) is 25.9. The number of hydrogen-bond acceptors (Lipinski definition) is 6. The minimum Gasteiger partial charge on any atom is -0.425 e. The second-order valence-electron chi connectivity index (χ2n) is 8.61. The summed E-state index contributed by atoms with van der Waals surface area (Å²) < 4.78 is 39.3. The van der Waals surface area contributed by atoms with Gasteiger partial charge in [0, 0.05) is 17.0 Å².